The monoisotopic (exact) mass is 281 g/mol. The summed E-state index contributed by atoms with van der Waals surface area (Å²) in [4.78, 5) is 17.4. The molecule has 5 nitrogen and oxygen atoms in total. The minimum atomic E-state index is -0.620. The van der Waals surface area contributed by atoms with E-state index in [2.05, 4.69) is 10.3 Å². The summed E-state index contributed by atoms with van der Waals surface area (Å²) in [5.74, 6) is -0.205. The minimum absolute atomic E-state index is 0.0223. The zero-order chi connectivity index (χ0) is 14.5. The van der Waals surface area contributed by atoms with Crippen LogP contribution in [0.25, 0.3) is 0 Å². The zero-order valence-corrected chi connectivity index (χ0v) is 11.9. The van der Waals surface area contributed by atoms with Crippen molar-refractivity contribution in [2.45, 2.75) is 12.8 Å². The predicted octanol–water partition coefficient (Wildman–Crippen LogP) is 1.76. The fraction of sp³-hybridized carbons (Fsp3) is 0.571. The third-order valence-electron chi connectivity index (χ3n) is 3.32. The van der Waals surface area contributed by atoms with E-state index in [0.717, 1.165) is 6.61 Å². The molecular formula is C14H20FN3O2. The molecule has 1 aliphatic rings. The standard InChI is InChI=1S/C14H20FN3O2/c1-16-13-12(15)11(5-6-17-13)14(19)18(2)7-8-20-9-10-3-4-10/h5-6,10H,3-4,7-9H2,1-2H3,(H,16,17). The van der Waals surface area contributed by atoms with E-state index in [-0.39, 0.29) is 17.3 Å². The summed E-state index contributed by atoms with van der Waals surface area (Å²) in [6.45, 7) is 1.68. The lowest BCUT2D eigenvalue weighted by Gasteiger charge is -2.18. The Morgan fingerprint density at radius 2 is 2.35 bits per heavy atom. The Bertz CT molecular complexity index is 477. The van der Waals surface area contributed by atoms with Crippen LogP contribution in [0.4, 0.5) is 10.2 Å². The number of nitrogens with one attached hydrogen (secondary N) is 1. The van der Waals surface area contributed by atoms with Crippen molar-refractivity contribution >= 4 is 11.7 Å². The number of likely N-dealkylation sites (N-methyl/N-ethyl adjacent to an activating group) is 1. The van der Waals surface area contributed by atoms with Crippen LogP contribution >= 0.6 is 0 Å². The molecule has 0 saturated heterocycles. The third-order valence-corrected chi connectivity index (χ3v) is 3.32. The zero-order valence-electron chi connectivity index (χ0n) is 11.9. The highest BCUT2D eigenvalue weighted by Crippen LogP contribution is 2.28. The van der Waals surface area contributed by atoms with Gasteiger partial charge in [-0.15, -0.1) is 0 Å². The fourth-order valence-electron chi connectivity index (χ4n) is 1.83. The predicted molar refractivity (Wildman–Crippen MR) is 74.2 cm³/mol. The number of pyridine rings is 1. The number of carbonyl (C=O) groups is 1. The average molecular weight is 281 g/mol. The highest BCUT2D eigenvalue weighted by atomic mass is 19.1. The summed E-state index contributed by atoms with van der Waals surface area (Å²) in [7, 11) is 3.21. The summed E-state index contributed by atoms with van der Waals surface area (Å²) < 4.78 is 19.5. The Hall–Kier alpha value is -1.69. The number of rotatable bonds is 7. The molecule has 0 aromatic carbocycles. The normalized spacial score (nSPS) is 14.2. The Morgan fingerprint density at radius 3 is 3.00 bits per heavy atom. The molecule has 1 saturated carbocycles. The smallest absolute Gasteiger partial charge is 0.256 e. The van der Waals surface area contributed by atoms with E-state index in [1.165, 1.54) is 30.0 Å². The van der Waals surface area contributed by atoms with Crippen LogP contribution in [0.1, 0.15) is 23.2 Å². The molecule has 20 heavy (non-hydrogen) atoms. The van der Waals surface area contributed by atoms with Gasteiger partial charge in [0.25, 0.3) is 5.91 Å². The lowest BCUT2D eigenvalue weighted by molar-refractivity contribution is 0.0677. The van der Waals surface area contributed by atoms with Crippen molar-refractivity contribution in [2.75, 3.05) is 39.2 Å². The van der Waals surface area contributed by atoms with Gasteiger partial charge < -0.3 is 15.0 Å². The number of carbonyl (C=O) groups excluding carboxylic acids is 1. The number of nitrogens with zero attached hydrogens (tertiary/aromatic N) is 2. The molecule has 1 aromatic rings. The summed E-state index contributed by atoms with van der Waals surface area (Å²) >= 11 is 0. The molecule has 110 valence electrons. The van der Waals surface area contributed by atoms with E-state index in [1.54, 1.807) is 14.1 Å². The first-order chi connectivity index (χ1) is 9.63. The maximum absolute atomic E-state index is 14.0. The van der Waals surface area contributed by atoms with Gasteiger partial charge >= 0.3 is 0 Å². The highest BCUT2D eigenvalue weighted by Gasteiger charge is 2.22. The second-order valence-corrected chi connectivity index (χ2v) is 5.02. The molecule has 0 bridgehead atoms. The van der Waals surface area contributed by atoms with Gasteiger partial charge in [-0.05, 0) is 24.8 Å². The molecule has 0 spiro atoms. The number of ether oxygens (including phenoxy) is 1. The van der Waals surface area contributed by atoms with Crippen LogP contribution in [0.5, 0.6) is 0 Å². The van der Waals surface area contributed by atoms with Crippen LogP contribution in [-0.4, -0.2) is 49.6 Å². The van der Waals surface area contributed by atoms with Gasteiger partial charge in [0.1, 0.15) is 0 Å². The lowest BCUT2D eigenvalue weighted by atomic mass is 10.2. The molecular weight excluding hydrogens is 261 g/mol. The molecule has 1 fully saturated rings. The Morgan fingerprint density at radius 1 is 1.60 bits per heavy atom. The first-order valence-corrected chi connectivity index (χ1v) is 6.79. The van der Waals surface area contributed by atoms with Gasteiger partial charge in [0, 0.05) is 33.4 Å². The third kappa shape index (κ3) is 3.66. The van der Waals surface area contributed by atoms with Crippen LogP contribution in [0.2, 0.25) is 0 Å². The summed E-state index contributed by atoms with van der Waals surface area (Å²) in [6.07, 6.45) is 3.90. The Kier molecular flexibility index (Phi) is 4.89. The van der Waals surface area contributed by atoms with E-state index < -0.39 is 5.82 Å². The molecule has 0 aliphatic heterocycles. The van der Waals surface area contributed by atoms with Crippen molar-refractivity contribution in [1.82, 2.24) is 9.88 Å². The topological polar surface area (TPSA) is 54.5 Å². The molecule has 1 amide bonds. The molecule has 2 rings (SSSR count). The second kappa shape index (κ2) is 6.65. The number of anilines is 1. The van der Waals surface area contributed by atoms with Crippen LogP contribution < -0.4 is 5.32 Å². The molecule has 0 unspecified atom stereocenters. The molecule has 1 aliphatic carbocycles. The first-order valence-electron chi connectivity index (χ1n) is 6.79. The molecule has 1 N–H and O–H groups in total. The van der Waals surface area contributed by atoms with E-state index in [1.807, 2.05) is 0 Å². The summed E-state index contributed by atoms with van der Waals surface area (Å²) in [6, 6.07) is 1.39. The molecule has 1 heterocycles. The molecule has 0 atom stereocenters. The minimum Gasteiger partial charge on any atom is -0.379 e. The molecule has 1 aromatic heterocycles. The molecule has 0 radical (unpaired) electrons. The molecule has 6 heteroatoms. The SMILES string of the molecule is CNc1nccc(C(=O)N(C)CCOCC2CC2)c1F. The van der Waals surface area contributed by atoms with E-state index in [0.29, 0.717) is 19.1 Å². The van der Waals surface area contributed by atoms with Gasteiger partial charge in [-0.3, -0.25) is 4.79 Å². The summed E-state index contributed by atoms with van der Waals surface area (Å²) in [5.41, 5.74) is 0.0223. The van der Waals surface area contributed by atoms with Gasteiger partial charge in [0.2, 0.25) is 0 Å². The lowest BCUT2D eigenvalue weighted by Crippen LogP contribution is -2.31. The van der Waals surface area contributed by atoms with Crippen molar-refractivity contribution in [3.63, 3.8) is 0 Å². The van der Waals surface area contributed by atoms with E-state index >= 15 is 0 Å². The Balaban J connectivity index is 1.88. The van der Waals surface area contributed by atoms with Crippen LogP contribution in [0.3, 0.4) is 0 Å². The quantitative estimate of drug-likeness (QED) is 0.774. The van der Waals surface area contributed by atoms with Gasteiger partial charge in [0.15, 0.2) is 11.6 Å². The van der Waals surface area contributed by atoms with Crippen LogP contribution in [0, 0.1) is 11.7 Å². The number of aromatic nitrogens is 1. The van der Waals surface area contributed by atoms with Crippen molar-refractivity contribution in [1.29, 1.82) is 0 Å². The number of amides is 1. The van der Waals surface area contributed by atoms with Crippen molar-refractivity contribution in [3.05, 3.63) is 23.6 Å². The Labute approximate surface area is 118 Å². The number of hydrogen-bond donors (Lipinski definition) is 1. The van der Waals surface area contributed by atoms with Gasteiger partial charge in [0.05, 0.1) is 12.2 Å². The van der Waals surface area contributed by atoms with Crippen molar-refractivity contribution < 1.29 is 13.9 Å². The maximum atomic E-state index is 14.0. The van der Waals surface area contributed by atoms with Crippen molar-refractivity contribution in [2.24, 2.45) is 5.92 Å². The highest BCUT2D eigenvalue weighted by molar-refractivity contribution is 5.95. The first kappa shape index (κ1) is 14.7. The second-order valence-electron chi connectivity index (χ2n) is 5.02. The van der Waals surface area contributed by atoms with Crippen molar-refractivity contribution in [3.8, 4) is 0 Å². The maximum Gasteiger partial charge on any atom is 0.256 e. The van der Waals surface area contributed by atoms with E-state index in [4.69, 9.17) is 4.74 Å². The largest absolute Gasteiger partial charge is 0.379 e. The van der Waals surface area contributed by atoms with E-state index in [9.17, 15) is 9.18 Å². The van der Waals surface area contributed by atoms with Crippen LogP contribution in [0.15, 0.2) is 12.3 Å². The number of hydrogen-bond acceptors (Lipinski definition) is 4. The average Bonchev–Trinajstić information content (AvgIpc) is 3.27. The summed E-state index contributed by atoms with van der Waals surface area (Å²) in [5, 5.41) is 2.62. The van der Waals surface area contributed by atoms with Gasteiger partial charge in [-0.1, -0.05) is 0 Å². The fourth-order valence-corrected chi connectivity index (χ4v) is 1.83. The number of halogens is 1. The van der Waals surface area contributed by atoms with Gasteiger partial charge in [-0.2, -0.15) is 0 Å². The van der Waals surface area contributed by atoms with Crippen LogP contribution in [-0.2, 0) is 4.74 Å². The van der Waals surface area contributed by atoms with Gasteiger partial charge in [-0.25, -0.2) is 9.37 Å².